The molecule has 2 aliphatic rings. The molecule has 2 atom stereocenters. The van der Waals surface area contributed by atoms with Gasteiger partial charge in [-0.3, -0.25) is 14.5 Å². The number of esters is 1. The number of sulfone groups is 1. The molecule has 30 heavy (non-hydrogen) atoms. The summed E-state index contributed by atoms with van der Waals surface area (Å²) in [6, 6.07) is 4.77. The molecule has 1 aromatic carbocycles. The third-order valence-electron chi connectivity index (χ3n) is 4.97. The molecule has 0 unspecified atom stereocenters. The van der Waals surface area contributed by atoms with Gasteiger partial charge in [0.25, 0.3) is 15.9 Å². The van der Waals surface area contributed by atoms with Gasteiger partial charge in [-0.2, -0.15) is 0 Å². The van der Waals surface area contributed by atoms with Crippen molar-refractivity contribution in [3.63, 3.8) is 0 Å². The van der Waals surface area contributed by atoms with Crippen molar-refractivity contribution < 1.29 is 31.2 Å². The summed E-state index contributed by atoms with van der Waals surface area (Å²) in [7, 11) is -6.88. The number of ether oxygens (including phenoxy) is 1. The number of nitrogens with one attached hydrogen (secondary N) is 1. The van der Waals surface area contributed by atoms with Crippen LogP contribution in [0.2, 0.25) is 0 Å². The van der Waals surface area contributed by atoms with Crippen LogP contribution in [0.4, 0.5) is 0 Å². The molecule has 2 aliphatic heterocycles. The van der Waals surface area contributed by atoms with E-state index in [9.17, 15) is 26.4 Å². The normalized spacial score (nSPS) is 23.4. The molecular weight excluding hydrogens is 434 g/mol. The second-order valence-corrected chi connectivity index (χ2v) is 11.0. The minimum Gasteiger partial charge on any atom is -0.454 e. The van der Waals surface area contributed by atoms with Gasteiger partial charge in [-0.05, 0) is 32.4 Å². The Morgan fingerprint density at radius 1 is 1.27 bits per heavy atom. The number of carbonyl (C=O) groups is 2. The maximum atomic E-state index is 12.4. The van der Waals surface area contributed by atoms with E-state index in [0.717, 1.165) is 0 Å². The number of fused-ring (bicyclic) bond motifs is 1. The number of sulfonamides is 1. The Balaban J connectivity index is 1.62. The number of hydrogen-bond donors (Lipinski definition) is 1. The SMILES string of the molecule is CCN(C(=O)COC(=O)[C@H](C)N=C1NS(=O)(=O)c2ccccc21)[C@@H]1CCS(=O)(=O)C1. The topological polar surface area (TPSA) is 139 Å². The number of amidine groups is 1. The van der Waals surface area contributed by atoms with Gasteiger partial charge in [-0.15, -0.1) is 0 Å². The number of amides is 1. The molecule has 164 valence electrons. The predicted molar refractivity (Wildman–Crippen MR) is 108 cm³/mol. The molecule has 0 radical (unpaired) electrons. The lowest BCUT2D eigenvalue weighted by Crippen LogP contribution is -2.43. The molecule has 0 spiro atoms. The van der Waals surface area contributed by atoms with Crippen LogP contribution in [0.5, 0.6) is 0 Å². The second kappa shape index (κ2) is 8.34. The van der Waals surface area contributed by atoms with Crippen molar-refractivity contribution in [2.75, 3.05) is 24.7 Å². The highest BCUT2D eigenvalue weighted by atomic mass is 32.2. The minimum absolute atomic E-state index is 0.0349. The summed E-state index contributed by atoms with van der Waals surface area (Å²) in [6.07, 6.45) is 0.361. The smallest absolute Gasteiger partial charge is 0.331 e. The van der Waals surface area contributed by atoms with Gasteiger partial charge in [-0.25, -0.2) is 21.6 Å². The zero-order chi connectivity index (χ0) is 22.1. The lowest BCUT2D eigenvalue weighted by molar-refractivity contribution is -0.153. The van der Waals surface area contributed by atoms with Crippen molar-refractivity contribution in [1.29, 1.82) is 0 Å². The Morgan fingerprint density at radius 2 is 1.97 bits per heavy atom. The maximum absolute atomic E-state index is 12.4. The fourth-order valence-corrected chi connectivity index (χ4v) is 6.44. The molecule has 12 heteroatoms. The molecule has 1 aromatic rings. The first-order valence-corrected chi connectivity index (χ1v) is 12.7. The molecule has 0 aromatic heterocycles. The molecule has 0 saturated carbocycles. The molecular formula is C18H23N3O7S2. The van der Waals surface area contributed by atoms with Crippen LogP contribution in [0.25, 0.3) is 0 Å². The molecule has 10 nitrogen and oxygen atoms in total. The number of hydrogen-bond acceptors (Lipinski definition) is 8. The van der Waals surface area contributed by atoms with Crippen LogP contribution in [-0.4, -0.2) is 76.2 Å². The average Bonchev–Trinajstić information content (AvgIpc) is 3.17. The van der Waals surface area contributed by atoms with E-state index in [1.165, 1.54) is 17.9 Å². The van der Waals surface area contributed by atoms with Crippen molar-refractivity contribution in [2.24, 2.45) is 4.99 Å². The third-order valence-corrected chi connectivity index (χ3v) is 8.12. The van der Waals surface area contributed by atoms with Gasteiger partial charge in [0.1, 0.15) is 11.9 Å². The lowest BCUT2D eigenvalue weighted by atomic mass is 10.2. The van der Waals surface area contributed by atoms with Crippen LogP contribution in [0, 0.1) is 0 Å². The summed E-state index contributed by atoms with van der Waals surface area (Å²) >= 11 is 0. The Bertz CT molecular complexity index is 1100. The first-order valence-electron chi connectivity index (χ1n) is 9.40. The van der Waals surface area contributed by atoms with Crippen LogP contribution in [0.1, 0.15) is 25.8 Å². The monoisotopic (exact) mass is 457 g/mol. The van der Waals surface area contributed by atoms with Crippen LogP contribution >= 0.6 is 0 Å². The van der Waals surface area contributed by atoms with Crippen LogP contribution < -0.4 is 4.72 Å². The van der Waals surface area contributed by atoms with Crippen LogP contribution in [0.3, 0.4) is 0 Å². The number of nitrogens with zero attached hydrogens (tertiary/aromatic N) is 2. The van der Waals surface area contributed by atoms with Gasteiger partial charge in [0.05, 0.1) is 16.4 Å². The summed E-state index contributed by atoms with van der Waals surface area (Å²) in [4.78, 5) is 30.3. The second-order valence-electron chi connectivity index (χ2n) is 7.10. The lowest BCUT2D eigenvalue weighted by Gasteiger charge is -2.26. The van der Waals surface area contributed by atoms with Crippen molar-refractivity contribution in [2.45, 2.75) is 37.2 Å². The van der Waals surface area contributed by atoms with E-state index in [1.807, 2.05) is 0 Å². The number of benzene rings is 1. The highest BCUT2D eigenvalue weighted by Crippen LogP contribution is 2.22. The number of carbonyl (C=O) groups excluding carboxylic acids is 2. The third kappa shape index (κ3) is 4.64. The van der Waals surface area contributed by atoms with Crippen molar-refractivity contribution in [3.05, 3.63) is 29.8 Å². The van der Waals surface area contributed by atoms with Gasteiger partial charge in [0, 0.05) is 18.2 Å². The fraction of sp³-hybridized carbons (Fsp3) is 0.500. The molecule has 1 saturated heterocycles. The molecule has 1 amide bonds. The summed E-state index contributed by atoms with van der Waals surface area (Å²) in [5.41, 5.74) is 0.354. The number of likely N-dealkylation sites (N-methyl/N-ethyl adjacent to an activating group) is 1. The van der Waals surface area contributed by atoms with E-state index in [1.54, 1.807) is 25.1 Å². The summed E-state index contributed by atoms with van der Waals surface area (Å²) in [6.45, 7) is 2.91. The van der Waals surface area contributed by atoms with Gasteiger partial charge in [-0.1, -0.05) is 12.1 Å². The summed E-state index contributed by atoms with van der Waals surface area (Å²) in [5, 5.41) is 0. The first kappa shape index (κ1) is 22.2. The molecule has 0 aliphatic carbocycles. The van der Waals surface area contributed by atoms with E-state index < -0.39 is 50.4 Å². The van der Waals surface area contributed by atoms with E-state index in [0.29, 0.717) is 18.5 Å². The summed E-state index contributed by atoms with van der Waals surface area (Å²) < 4.78 is 54.9. The Labute approximate surface area is 175 Å². The van der Waals surface area contributed by atoms with Crippen molar-refractivity contribution >= 4 is 37.6 Å². The number of aliphatic imine (C=N–C) groups is 1. The minimum atomic E-state index is -3.73. The molecule has 1 fully saturated rings. The van der Waals surface area contributed by atoms with Crippen LogP contribution in [0.15, 0.2) is 34.2 Å². The quantitative estimate of drug-likeness (QED) is 0.578. The van der Waals surface area contributed by atoms with E-state index in [4.69, 9.17) is 4.74 Å². The van der Waals surface area contributed by atoms with Crippen molar-refractivity contribution in [1.82, 2.24) is 9.62 Å². The Hall–Kier alpha value is -2.47. The molecule has 2 heterocycles. The fourth-order valence-electron chi connectivity index (χ4n) is 3.47. The van der Waals surface area contributed by atoms with E-state index in [-0.39, 0.29) is 22.2 Å². The molecule has 0 bridgehead atoms. The van der Waals surface area contributed by atoms with Crippen molar-refractivity contribution in [3.8, 4) is 0 Å². The highest BCUT2D eigenvalue weighted by molar-refractivity contribution is 7.91. The number of rotatable bonds is 6. The molecule has 1 N–H and O–H groups in total. The molecule has 3 rings (SSSR count). The predicted octanol–water partition coefficient (Wildman–Crippen LogP) is -0.308. The maximum Gasteiger partial charge on any atom is 0.331 e. The zero-order valence-electron chi connectivity index (χ0n) is 16.6. The standard InChI is InChI=1S/C18H23N3O7S2/c1-3-21(13-8-9-29(24,25)11-13)16(22)10-28-18(23)12(2)19-17-14-6-4-5-7-15(14)30(26,27)20-17/h4-7,12-13H,3,8-11H2,1-2H3,(H,19,20)/t12-,13+/m0/s1. The zero-order valence-corrected chi connectivity index (χ0v) is 18.2. The Kier molecular flexibility index (Phi) is 6.18. The largest absolute Gasteiger partial charge is 0.454 e. The summed E-state index contributed by atoms with van der Waals surface area (Å²) in [5.74, 6) is -1.31. The Morgan fingerprint density at radius 3 is 2.60 bits per heavy atom. The van der Waals surface area contributed by atoms with Gasteiger partial charge in [0.15, 0.2) is 16.4 Å². The van der Waals surface area contributed by atoms with Gasteiger partial charge in [0.2, 0.25) is 0 Å². The highest BCUT2D eigenvalue weighted by Gasteiger charge is 2.35. The average molecular weight is 458 g/mol. The van der Waals surface area contributed by atoms with E-state index in [2.05, 4.69) is 9.71 Å². The van der Waals surface area contributed by atoms with Crippen LogP contribution in [-0.2, 0) is 34.2 Å². The first-order chi connectivity index (χ1) is 14.0. The van der Waals surface area contributed by atoms with E-state index >= 15 is 0 Å². The van der Waals surface area contributed by atoms with Gasteiger partial charge < -0.3 is 9.64 Å². The van der Waals surface area contributed by atoms with Gasteiger partial charge >= 0.3 is 5.97 Å².